The molecule has 0 aliphatic heterocycles. The van der Waals surface area contributed by atoms with E-state index < -0.39 is 5.97 Å². The van der Waals surface area contributed by atoms with E-state index in [1.54, 1.807) is 12.1 Å². The van der Waals surface area contributed by atoms with Gasteiger partial charge in [-0.2, -0.15) is 4.37 Å². The monoisotopic (exact) mass is 365 g/mol. The van der Waals surface area contributed by atoms with Crippen LogP contribution in [0.1, 0.15) is 10.4 Å². The number of aromatic carboxylic acids is 1. The Balaban J connectivity index is 2.07. The molecule has 1 N–H and O–H groups in total. The van der Waals surface area contributed by atoms with Crippen LogP contribution in [0.5, 0.6) is 0 Å². The minimum Gasteiger partial charge on any atom is -0.478 e. The molecule has 1 aromatic heterocycles. The first-order valence-electron chi connectivity index (χ1n) is 5.70. The van der Waals surface area contributed by atoms with Crippen LogP contribution in [0.2, 0.25) is 0 Å². The van der Waals surface area contributed by atoms with Gasteiger partial charge in [-0.25, -0.2) is 4.79 Å². The number of rotatable bonds is 3. The Labute approximate surface area is 131 Å². The molecule has 0 aliphatic carbocycles. The second-order valence-electron chi connectivity index (χ2n) is 4.03. The van der Waals surface area contributed by atoms with Crippen LogP contribution >= 0.6 is 39.2 Å². The highest BCUT2D eigenvalue weighted by atomic mass is 79.9. The molecule has 2 aromatic carbocycles. The highest BCUT2D eigenvalue weighted by Crippen LogP contribution is 2.39. The lowest BCUT2D eigenvalue weighted by molar-refractivity contribution is 0.0693. The van der Waals surface area contributed by atoms with Gasteiger partial charge in [-0.15, -0.1) is 0 Å². The molecule has 0 bridgehead atoms. The van der Waals surface area contributed by atoms with Crippen LogP contribution in [-0.2, 0) is 0 Å². The lowest BCUT2D eigenvalue weighted by atomic mass is 10.2. The van der Waals surface area contributed by atoms with Crippen molar-refractivity contribution in [2.45, 2.75) is 9.10 Å². The van der Waals surface area contributed by atoms with Crippen molar-refractivity contribution < 1.29 is 9.90 Å². The van der Waals surface area contributed by atoms with Gasteiger partial charge in [0.05, 0.1) is 15.3 Å². The fourth-order valence-electron chi connectivity index (χ4n) is 1.80. The van der Waals surface area contributed by atoms with Crippen molar-refractivity contribution in [1.29, 1.82) is 0 Å². The first-order valence-corrected chi connectivity index (χ1v) is 8.08. The van der Waals surface area contributed by atoms with Gasteiger partial charge < -0.3 is 5.11 Å². The van der Waals surface area contributed by atoms with Crippen molar-refractivity contribution in [3.8, 4) is 0 Å². The summed E-state index contributed by atoms with van der Waals surface area (Å²) in [4.78, 5) is 12.0. The van der Waals surface area contributed by atoms with Crippen LogP contribution in [0.3, 0.4) is 0 Å². The average molecular weight is 366 g/mol. The number of carboxylic acids is 1. The van der Waals surface area contributed by atoms with Gasteiger partial charge in [0.15, 0.2) is 0 Å². The Hall–Kier alpha value is -1.37. The maximum atomic E-state index is 11.3. The van der Waals surface area contributed by atoms with Gasteiger partial charge in [0, 0.05) is 14.8 Å². The van der Waals surface area contributed by atoms with Crippen LogP contribution < -0.4 is 0 Å². The third-order valence-electron chi connectivity index (χ3n) is 2.73. The average Bonchev–Trinajstić information content (AvgIpc) is 2.82. The summed E-state index contributed by atoms with van der Waals surface area (Å²) in [5.74, 6) is -0.922. The fraction of sp³-hybridized carbons (Fsp3) is 0. The Morgan fingerprint density at radius 3 is 2.85 bits per heavy atom. The second-order valence-corrected chi connectivity index (χ2v) is 7.03. The van der Waals surface area contributed by atoms with E-state index in [1.807, 2.05) is 30.3 Å². The van der Waals surface area contributed by atoms with Crippen molar-refractivity contribution in [3.05, 3.63) is 52.5 Å². The van der Waals surface area contributed by atoms with Crippen LogP contribution in [0.15, 0.2) is 56.0 Å². The summed E-state index contributed by atoms with van der Waals surface area (Å²) in [5.41, 5.74) is 1.24. The molecule has 0 radical (unpaired) electrons. The molecular weight excluding hydrogens is 358 g/mol. The van der Waals surface area contributed by atoms with E-state index in [0.29, 0.717) is 10.5 Å². The summed E-state index contributed by atoms with van der Waals surface area (Å²) in [6.07, 6.45) is 0. The number of fused-ring (bicyclic) bond motifs is 1. The largest absolute Gasteiger partial charge is 0.478 e. The Kier molecular flexibility index (Phi) is 3.78. The zero-order valence-electron chi connectivity index (χ0n) is 10.0. The van der Waals surface area contributed by atoms with E-state index in [4.69, 9.17) is 0 Å². The number of hydrogen-bond donors (Lipinski definition) is 1. The van der Waals surface area contributed by atoms with Crippen molar-refractivity contribution in [2.24, 2.45) is 0 Å². The Morgan fingerprint density at radius 2 is 2.05 bits per heavy atom. The van der Waals surface area contributed by atoms with E-state index in [1.165, 1.54) is 23.3 Å². The predicted molar refractivity (Wildman–Crippen MR) is 84.8 cm³/mol. The zero-order valence-corrected chi connectivity index (χ0v) is 13.3. The summed E-state index contributed by atoms with van der Waals surface area (Å²) in [5, 5.41) is 10.3. The van der Waals surface area contributed by atoms with Gasteiger partial charge in [0.2, 0.25) is 0 Å². The predicted octanol–water partition coefficient (Wildman–Crippen LogP) is 4.91. The first-order chi connectivity index (χ1) is 9.65. The zero-order chi connectivity index (χ0) is 14.1. The topological polar surface area (TPSA) is 50.2 Å². The maximum Gasteiger partial charge on any atom is 0.336 e. The van der Waals surface area contributed by atoms with E-state index in [9.17, 15) is 9.90 Å². The molecule has 3 aromatic rings. The standard InChI is InChI=1S/C14H8BrNO2S2/c15-8-5-6-10(13(17)18)12(7-8)19-14-9-3-1-2-4-11(9)16-20-14/h1-7H,(H,17,18). The van der Waals surface area contributed by atoms with E-state index >= 15 is 0 Å². The Morgan fingerprint density at radius 1 is 1.25 bits per heavy atom. The summed E-state index contributed by atoms with van der Waals surface area (Å²) in [6, 6.07) is 13.0. The smallest absolute Gasteiger partial charge is 0.336 e. The molecule has 20 heavy (non-hydrogen) atoms. The van der Waals surface area contributed by atoms with Gasteiger partial charge in [0.25, 0.3) is 0 Å². The quantitative estimate of drug-likeness (QED) is 0.716. The summed E-state index contributed by atoms with van der Waals surface area (Å²) >= 11 is 6.21. The second kappa shape index (κ2) is 5.55. The van der Waals surface area contributed by atoms with E-state index in [2.05, 4.69) is 20.3 Å². The van der Waals surface area contributed by atoms with Crippen molar-refractivity contribution in [3.63, 3.8) is 0 Å². The molecule has 0 fully saturated rings. The number of carboxylic acid groups (broad SMARTS) is 1. The summed E-state index contributed by atoms with van der Waals surface area (Å²) in [7, 11) is 0. The van der Waals surface area contributed by atoms with Crippen LogP contribution in [0.4, 0.5) is 0 Å². The molecule has 0 atom stereocenters. The highest BCUT2D eigenvalue weighted by Gasteiger charge is 2.14. The molecule has 0 amide bonds. The van der Waals surface area contributed by atoms with Crippen molar-refractivity contribution >= 4 is 56.1 Å². The van der Waals surface area contributed by atoms with Crippen LogP contribution in [0, 0.1) is 0 Å². The molecule has 0 saturated heterocycles. The fourth-order valence-corrected chi connectivity index (χ4v) is 4.38. The molecule has 1 heterocycles. The highest BCUT2D eigenvalue weighted by molar-refractivity contribution is 9.10. The number of halogens is 1. The molecular formula is C14H8BrNO2S2. The number of aromatic nitrogens is 1. The molecule has 3 nitrogen and oxygen atoms in total. The number of nitrogens with zero attached hydrogens (tertiary/aromatic N) is 1. The molecule has 0 spiro atoms. The maximum absolute atomic E-state index is 11.3. The van der Waals surface area contributed by atoms with Gasteiger partial charge in [-0.3, -0.25) is 0 Å². The Bertz CT molecular complexity index is 801. The molecule has 3 rings (SSSR count). The van der Waals surface area contributed by atoms with Crippen molar-refractivity contribution in [2.75, 3.05) is 0 Å². The number of hydrogen-bond acceptors (Lipinski definition) is 4. The van der Waals surface area contributed by atoms with Gasteiger partial charge >= 0.3 is 5.97 Å². The molecule has 0 aliphatic rings. The number of benzene rings is 2. The molecule has 0 saturated carbocycles. The van der Waals surface area contributed by atoms with Crippen LogP contribution in [-0.4, -0.2) is 15.4 Å². The van der Waals surface area contributed by atoms with Crippen molar-refractivity contribution in [1.82, 2.24) is 4.37 Å². The summed E-state index contributed by atoms with van der Waals surface area (Å²) in [6.45, 7) is 0. The minimum atomic E-state index is -0.922. The minimum absolute atomic E-state index is 0.302. The lowest BCUT2D eigenvalue weighted by Crippen LogP contribution is -1.98. The van der Waals surface area contributed by atoms with Crippen LogP contribution in [0.25, 0.3) is 10.9 Å². The lowest BCUT2D eigenvalue weighted by Gasteiger charge is -2.05. The first kappa shape index (κ1) is 13.6. The van der Waals surface area contributed by atoms with Gasteiger partial charge in [0.1, 0.15) is 0 Å². The molecule has 6 heteroatoms. The SMILES string of the molecule is O=C(O)c1ccc(Br)cc1Sc1snc2ccccc12. The normalized spacial score (nSPS) is 10.8. The number of carbonyl (C=O) groups is 1. The van der Waals surface area contributed by atoms with Gasteiger partial charge in [-0.1, -0.05) is 45.9 Å². The third kappa shape index (κ3) is 2.59. The van der Waals surface area contributed by atoms with E-state index in [0.717, 1.165) is 19.6 Å². The van der Waals surface area contributed by atoms with E-state index in [-0.39, 0.29) is 0 Å². The third-order valence-corrected chi connectivity index (χ3v) is 5.33. The summed E-state index contributed by atoms with van der Waals surface area (Å²) < 4.78 is 6.23. The molecule has 100 valence electrons. The molecule has 0 unspecified atom stereocenters. The van der Waals surface area contributed by atoms with Gasteiger partial charge in [-0.05, 0) is 35.8 Å².